The van der Waals surface area contributed by atoms with Crippen LogP contribution >= 0.6 is 0 Å². The van der Waals surface area contributed by atoms with Crippen LogP contribution < -0.4 is 0 Å². The second-order valence-electron chi connectivity index (χ2n) is 12.5. The summed E-state index contributed by atoms with van der Waals surface area (Å²) in [5.74, 6) is 1.70. The Morgan fingerprint density at radius 3 is 1.46 bits per heavy atom. The van der Waals surface area contributed by atoms with Crippen LogP contribution in [-0.4, -0.2) is 24.9 Å². The molecule has 0 fully saturated rings. The number of benzene rings is 7. The molecule has 10 aromatic rings. The van der Waals surface area contributed by atoms with Gasteiger partial charge in [-0.05, 0) is 50.5 Å². The smallest absolute Gasteiger partial charge is 0.182 e. The normalized spacial score (nSPS) is 11.6. The minimum atomic E-state index is 0.503. The van der Waals surface area contributed by atoms with Gasteiger partial charge in [-0.2, -0.15) is 0 Å². The van der Waals surface area contributed by atoms with Crippen molar-refractivity contribution in [3.63, 3.8) is 0 Å². The van der Waals surface area contributed by atoms with E-state index in [1.807, 2.05) is 24.3 Å². The van der Waals surface area contributed by atoms with Crippen molar-refractivity contribution in [3.8, 4) is 45.7 Å². The van der Waals surface area contributed by atoms with Crippen LogP contribution in [0.25, 0.3) is 99.7 Å². The summed E-state index contributed by atoms with van der Waals surface area (Å²) in [6.07, 6.45) is 0. The van der Waals surface area contributed by atoms with Gasteiger partial charge in [-0.3, -0.25) is 0 Å². The lowest BCUT2D eigenvalue weighted by atomic mass is 9.96. The standard InChI is InChI=1S/C45H27N5/c1-4-17-31-28(12-1)15-9-21-34(31)43-48-44(35-22-10-16-29-13-2-5-18-32(29)35)50-45(49-43)40-25-11-24-39(46-40)42-37-27-26-30-14-3-6-19-33(30)41(37)36-20-7-8-23-38(36)47-42/h1-27H. The lowest BCUT2D eigenvalue weighted by Gasteiger charge is -2.13. The highest BCUT2D eigenvalue weighted by atomic mass is 15.0. The van der Waals surface area contributed by atoms with Crippen LogP contribution in [0.1, 0.15) is 0 Å². The first-order chi connectivity index (χ1) is 24.8. The van der Waals surface area contributed by atoms with Crippen molar-refractivity contribution in [1.29, 1.82) is 0 Å². The van der Waals surface area contributed by atoms with E-state index >= 15 is 0 Å². The molecule has 0 bridgehead atoms. The molecular formula is C45H27N5. The van der Waals surface area contributed by atoms with Crippen molar-refractivity contribution in [2.45, 2.75) is 0 Å². The zero-order chi connectivity index (χ0) is 33.0. The molecule has 0 amide bonds. The van der Waals surface area contributed by atoms with E-state index in [9.17, 15) is 0 Å². The Kier molecular flexibility index (Phi) is 6.42. The van der Waals surface area contributed by atoms with Crippen molar-refractivity contribution >= 4 is 54.0 Å². The van der Waals surface area contributed by atoms with Gasteiger partial charge in [-0.15, -0.1) is 0 Å². The third-order valence-corrected chi connectivity index (χ3v) is 9.51. The SMILES string of the molecule is c1cc(-c2nc(-c3cccc4ccccc34)nc(-c3cccc4ccccc34)n2)nc(-c2nc3ccccc3c3c2ccc2ccccc23)c1. The molecule has 0 saturated heterocycles. The van der Waals surface area contributed by atoms with Gasteiger partial charge in [0.15, 0.2) is 17.5 Å². The van der Waals surface area contributed by atoms with E-state index in [4.69, 9.17) is 24.9 Å². The zero-order valence-electron chi connectivity index (χ0n) is 26.8. The predicted molar refractivity (Wildman–Crippen MR) is 205 cm³/mol. The highest BCUT2D eigenvalue weighted by Gasteiger charge is 2.18. The zero-order valence-corrected chi connectivity index (χ0v) is 26.8. The average Bonchev–Trinajstić information content (AvgIpc) is 3.19. The Morgan fingerprint density at radius 2 is 0.780 bits per heavy atom. The molecule has 0 unspecified atom stereocenters. The van der Waals surface area contributed by atoms with Crippen LogP contribution in [0.2, 0.25) is 0 Å². The molecule has 7 aromatic carbocycles. The van der Waals surface area contributed by atoms with E-state index in [1.165, 1.54) is 16.2 Å². The van der Waals surface area contributed by atoms with Gasteiger partial charge in [0.05, 0.1) is 16.9 Å². The minimum absolute atomic E-state index is 0.503. The molecule has 0 spiro atoms. The molecule has 0 saturated carbocycles. The summed E-state index contributed by atoms with van der Waals surface area (Å²) in [6.45, 7) is 0. The monoisotopic (exact) mass is 637 g/mol. The van der Waals surface area contributed by atoms with Gasteiger partial charge in [0.25, 0.3) is 0 Å². The molecule has 0 N–H and O–H groups in total. The number of hydrogen-bond acceptors (Lipinski definition) is 5. The summed E-state index contributed by atoms with van der Waals surface area (Å²) in [7, 11) is 0. The molecule has 10 rings (SSSR count). The van der Waals surface area contributed by atoms with Crippen molar-refractivity contribution in [2.75, 3.05) is 0 Å². The van der Waals surface area contributed by atoms with Crippen LogP contribution in [0, 0.1) is 0 Å². The third-order valence-electron chi connectivity index (χ3n) is 9.51. The summed E-state index contributed by atoms with van der Waals surface area (Å²) in [5.41, 5.74) is 5.04. The maximum Gasteiger partial charge on any atom is 0.182 e. The van der Waals surface area contributed by atoms with Gasteiger partial charge in [0.2, 0.25) is 0 Å². The lowest BCUT2D eigenvalue weighted by molar-refractivity contribution is 1.06. The van der Waals surface area contributed by atoms with Crippen molar-refractivity contribution < 1.29 is 0 Å². The molecule has 50 heavy (non-hydrogen) atoms. The van der Waals surface area contributed by atoms with Gasteiger partial charge in [-0.25, -0.2) is 24.9 Å². The van der Waals surface area contributed by atoms with Gasteiger partial charge in [0.1, 0.15) is 5.69 Å². The number of aromatic nitrogens is 5. The second-order valence-corrected chi connectivity index (χ2v) is 12.5. The summed E-state index contributed by atoms with van der Waals surface area (Å²) in [4.78, 5) is 25.8. The predicted octanol–water partition coefficient (Wildman–Crippen LogP) is 11.1. The molecule has 5 nitrogen and oxygen atoms in total. The molecule has 0 aliphatic rings. The summed E-state index contributed by atoms with van der Waals surface area (Å²) >= 11 is 0. The largest absolute Gasteiger partial charge is 0.245 e. The highest BCUT2D eigenvalue weighted by Crippen LogP contribution is 2.37. The molecule has 5 heteroatoms. The number of nitrogens with zero attached hydrogens (tertiary/aromatic N) is 5. The molecule has 0 aliphatic heterocycles. The fourth-order valence-corrected chi connectivity index (χ4v) is 7.18. The molecule has 232 valence electrons. The quantitative estimate of drug-likeness (QED) is 0.180. The fourth-order valence-electron chi connectivity index (χ4n) is 7.18. The van der Waals surface area contributed by atoms with E-state index in [1.54, 1.807) is 0 Å². The van der Waals surface area contributed by atoms with Crippen molar-refractivity contribution in [3.05, 3.63) is 164 Å². The molecule has 0 atom stereocenters. The minimum Gasteiger partial charge on any atom is -0.245 e. The van der Waals surface area contributed by atoms with Gasteiger partial charge in [0, 0.05) is 27.3 Å². The van der Waals surface area contributed by atoms with Crippen LogP contribution in [0.5, 0.6) is 0 Å². The number of pyridine rings is 2. The van der Waals surface area contributed by atoms with Crippen LogP contribution in [-0.2, 0) is 0 Å². The first kappa shape index (κ1) is 28.2. The Bertz CT molecular complexity index is 2830. The Balaban J connectivity index is 1.22. The van der Waals surface area contributed by atoms with E-state index in [2.05, 4.69) is 140 Å². The third kappa shape index (κ3) is 4.60. The summed E-state index contributed by atoms with van der Waals surface area (Å²) < 4.78 is 0. The van der Waals surface area contributed by atoms with E-state index in [-0.39, 0.29) is 0 Å². The number of fused-ring (bicyclic) bond motifs is 7. The van der Waals surface area contributed by atoms with Crippen molar-refractivity contribution in [1.82, 2.24) is 24.9 Å². The molecule has 0 radical (unpaired) electrons. The Labute approximate surface area is 287 Å². The lowest BCUT2D eigenvalue weighted by Crippen LogP contribution is -2.02. The summed E-state index contributed by atoms with van der Waals surface area (Å²) in [5, 5.41) is 10.1. The topological polar surface area (TPSA) is 64.5 Å². The maximum atomic E-state index is 5.23. The first-order valence-corrected chi connectivity index (χ1v) is 16.7. The first-order valence-electron chi connectivity index (χ1n) is 16.7. The molecular weight excluding hydrogens is 611 g/mol. The fraction of sp³-hybridized carbons (Fsp3) is 0. The van der Waals surface area contributed by atoms with Crippen LogP contribution in [0.4, 0.5) is 0 Å². The van der Waals surface area contributed by atoms with Crippen LogP contribution in [0.3, 0.4) is 0 Å². The molecule has 3 heterocycles. The number of hydrogen-bond donors (Lipinski definition) is 0. The van der Waals surface area contributed by atoms with E-state index in [0.717, 1.165) is 60.3 Å². The van der Waals surface area contributed by atoms with Gasteiger partial charge >= 0.3 is 0 Å². The maximum absolute atomic E-state index is 5.23. The van der Waals surface area contributed by atoms with Crippen molar-refractivity contribution in [2.24, 2.45) is 0 Å². The van der Waals surface area contributed by atoms with E-state index < -0.39 is 0 Å². The van der Waals surface area contributed by atoms with Gasteiger partial charge in [-0.1, -0.05) is 146 Å². The number of para-hydroxylation sites is 1. The Morgan fingerprint density at radius 1 is 0.280 bits per heavy atom. The van der Waals surface area contributed by atoms with Crippen LogP contribution in [0.15, 0.2) is 164 Å². The molecule has 3 aromatic heterocycles. The number of rotatable bonds is 4. The van der Waals surface area contributed by atoms with Gasteiger partial charge < -0.3 is 0 Å². The van der Waals surface area contributed by atoms with E-state index in [0.29, 0.717) is 23.2 Å². The Hall–Kier alpha value is -6.85. The highest BCUT2D eigenvalue weighted by molar-refractivity contribution is 6.22. The second kappa shape index (κ2) is 11.4. The average molecular weight is 638 g/mol. The molecule has 0 aliphatic carbocycles. The summed E-state index contributed by atoms with van der Waals surface area (Å²) in [6, 6.07) is 56.3.